The number of hydrogen-bond donors (Lipinski definition) is 0. The minimum absolute atomic E-state index is 0.559. The van der Waals surface area contributed by atoms with Gasteiger partial charge in [0.15, 0.2) is 11.6 Å². The molecule has 0 N–H and O–H groups in total. The van der Waals surface area contributed by atoms with E-state index in [0.717, 1.165) is 55.2 Å². The van der Waals surface area contributed by atoms with Crippen LogP contribution in [-0.2, 0) is 0 Å². The summed E-state index contributed by atoms with van der Waals surface area (Å²) in [5, 5.41) is 17.0. The molecule has 12 aromatic carbocycles. The van der Waals surface area contributed by atoms with Gasteiger partial charge in [0, 0.05) is 21.9 Å². The van der Waals surface area contributed by atoms with E-state index in [4.69, 9.17) is 15.0 Å². The monoisotopic (exact) mass is 850 g/mol. The van der Waals surface area contributed by atoms with Crippen LogP contribution in [0.5, 0.6) is 0 Å². The highest BCUT2D eigenvalue weighted by molar-refractivity contribution is 6.32. The van der Waals surface area contributed by atoms with Crippen LogP contribution in [0, 0.1) is 0 Å². The van der Waals surface area contributed by atoms with Crippen LogP contribution in [0.15, 0.2) is 231 Å². The third kappa shape index (κ3) is 5.90. The van der Waals surface area contributed by atoms with E-state index in [9.17, 15) is 0 Å². The minimum Gasteiger partial charge on any atom is -0.278 e. The van der Waals surface area contributed by atoms with Crippen LogP contribution in [-0.4, -0.2) is 19.5 Å². The molecule has 0 amide bonds. The Hall–Kier alpha value is -8.99. The van der Waals surface area contributed by atoms with Crippen LogP contribution >= 0.6 is 0 Å². The molecule has 0 radical (unpaired) electrons. The van der Waals surface area contributed by atoms with Crippen molar-refractivity contribution in [2.24, 2.45) is 0 Å². The molecule has 0 saturated heterocycles. The van der Waals surface area contributed by atoms with Crippen molar-refractivity contribution in [1.29, 1.82) is 0 Å². The van der Waals surface area contributed by atoms with E-state index in [-0.39, 0.29) is 0 Å². The first-order chi connectivity index (χ1) is 33.2. The zero-order chi connectivity index (χ0) is 44.0. The summed E-state index contributed by atoms with van der Waals surface area (Å²) in [7, 11) is 0. The Bertz CT molecular complexity index is 4050. The summed E-state index contributed by atoms with van der Waals surface area (Å²) in [6.45, 7) is 0. The first kappa shape index (κ1) is 37.4. The number of fused-ring (bicyclic) bond motifs is 15. The molecule has 0 saturated carbocycles. The van der Waals surface area contributed by atoms with Crippen LogP contribution in [0.2, 0.25) is 0 Å². The van der Waals surface area contributed by atoms with Crippen molar-refractivity contribution < 1.29 is 0 Å². The van der Waals surface area contributed by atoms with E-state index in [0.29, 0.717) is 17.6 Å². The normalized spacial score (nSPS) is 11.9. The van der Waals surface area contributed by atoms with Crippen LogP contribution in [0.4, 0.5) is 0 Å². The Morgan fingerprint density at radius 3 is 0.881 bits per heavy atom. The Morgan fingerprint density at radius 1 is 0.209 bits per heavy atom. The summed E-state index contributed by atoms with van der Waals surface area (Å²) in [5.41, 5.74) is 8.36. The van der Waals surface area contributed by atoms with Gasteiger partial charge in [-0.25, -0.2) is 4.98 Å². The molecular formula is C63H38N4. The van der Waals surface area contributed by atoms with Gasteiger partial charge in [0.25, 0.3) is 0 Å². The van der Waals surface area contributed by atoms with Gasteiger partial charge in [-0.15, -0.1) is 0 Å². The Balaban J connectivity index is 1.13. The van der Waals surface area contributed by atoms with Gasteiger partial charge in [-0.1, -0.05) is 194 Å². The molecule has 14 aromatic rings. The number of rotatable bonds is 5. The lowest BCUT2D eigenvalue weighted by Gasteiger charge is -2.14. The maximum Gasteiger partial charge on any atom is 0.238 e. The summed E-state index contributed by atoms with van der Waals surface area (Å²) in [6, 6.07) is 82.9. The fourth-order valence-corrected chi connectivity index (χ4v) is 10.7. The Morgan fingerprint density at radius 2 is 0.507 bits per heavy atom. The van der Waals surface area contributed by atoms with Crippen molar-refractivity contribution in [3.05, 3.63) is 231 Å². The molecule has 0 unspecified atom stereocenters. The second kappa shape index (κ2) is 14.8. The lowest BCUT2D eigenvalue weighted by atomic mass is 9.92. The fourth-order valence-electron chi connectivity index (χ4n) is 10.7. The molecule has 0 bridgehead atoms. The van der Waals surface area contributed by atoms with Crippen LogP contribution in [0.25, 0.3) is 137 Å². The van der Waals surface area contributed by atoms with E-state index < -0.39 is 0 Å². The predicted molar refractivity (Wildman–Crippen MR) is 281 cm³/mol. The zero-order valence-electron chi connectivity index (χ0n) is 36.2. The summed E-state index contributed by atoms with van der Waals surface area (Å²) < 4.78 is 2.30. The van der Waals surface area contributed by atoms with Gasteiger partial charge in [0.2, 0.25) is 5.95 Å². The van der Waals surface area contributed by atoms with Gasteiger partial charge in [0.05, 0.1) is 11.0 Å². The molecular weight excluding hydrogens is 813 g/mol. The van der Waals surface area contributed by atoms with Gasteiger partial charge in [-0.2, -0.15) is 9.97 Å². The molecule has 310 valence electrons. The number of aromatic nitrogens is 4. The van der Waals surface area contributed by atoms with Crippen molar-refractivity contribution in [2.45, 2.75) is 0 Å². The van der Waals surface area contributed by atoms with Gasteiger partial charge < -0.3 is 0 Å². The maximum absolute atomic E-state index is 5.51. The van der Waals surface area contributed by atoms with Crippen molar-refractivity contribution in [2.75, 3.05) is 0 Å². The smallest absolute Gasteiger partial charge is 0.238 e. The summed E-state index contributed by atoms with van der Waals surface area (Å²) in [6.07, 6.45) is 0. The quantitative estimate of drug-likeness (QED) is 0.162. The number of nitrogens with zero attached hydrogens (tertiary/aromatic N) is 4. The summed E-state index contributed by atoms with van der Waals surface area (Å²) in [4.78, 5) is 16.4. The lowest BCUT2D eigenvalue weighted by Crippen LogP contribution is -2.06. The first-order valence-corrected chi connectivity index (χ1v) is 22.8. The summed E-state index contributed by atoms with van der Waals surface area (Å²) in [5.74, 6) is 1.77. The third-order valence-electron chi connectivity index (χ3n) is 13.8. The van der Waals surface area contributed by atoms with Crippen LogP contribution in [0.3, 0.4) is 0 Å². The molecule has 4 heteroatoms. The van der Waals surface area contributed by atoms with E-state index >= 15 is 0 Å². The van der Waals surface area contributed by atoms with E-state index in [1.165, 1.54) is 64.6 Å². The summed E-state index contributed by atoms with van der Waals surface area (Å²) >= 11 is 0. The molecule has 14 rings (SSSR count). The van der Waals surface area contributed by atoms with Gasteiger partial charge in [-0.3, -0.25) is 4.57 Å². The number of hydrogen-bond acceptors (Lipinski definition) is 3. The van der Waals surface area contributed by atoms with E-state index in [2.05, 4.69) is 235 Å². The molecule has 0 fully saturated rings. The average molecular weight is 851 g/mol. The van der Waals surface area contributed by atoms with Gasteiger partial charge >= 0.3 is 0 Å². The minimum atomic E-state index is 0.559. The number of benzene rings is 12. The SMILES string of the molecule is c1ccc(-c2cccc(-c3nc(-c4cccc(-c5ccccc5)c4)nc(-n4c5cc6c7ccccc7c7ccccc7c6cc5c5cc6c7ccccc7c7ccccc7c6cc54)n3)c2)cc1. The largest absolute Gasteiger partial charge is 0.278 e. The zero-order valence-corrected chi connectivity index (χ0v) is 36.2. The second-order valence-corrected chi connectivity index (χ2v) is 17.5. The van der Waals surface area contributed by atoms with Crippen molar-refractivity contribution in [3.63, 3.8) is 0 Å². The second-order valence-electron chi connectivity index (χ2n) is 17.5. The topological polar surface area (TPSA) is 43.6 Å². The third-order valence-corrected chi connectivity index (χ3v) is 13.8. The van der Waals surface area contributed by atoms with Gasteiger partial charge in [-0.05, 0) is 123 Å². The van der Waals surface area contributed by atoms with Crippen LogP contribution < -0.4 is 0 Å². The standard InChI is InChI=1S/C63H38N4/c1-3-17-39(18-4-1)41-21-15-23-43(33-41)61-64-62(44-24-16-22-42(34-44)40-19-5-2-6-20-40)66-63(65-61)67-59-37-55-51-31-13-9-27-47(51)45-25-7-11-29-49(45)53(55)35-57(59)58-36-54-50-30-12-8-26-46(50)48-28-10-14-32-52(48)56(54)38-60(58)67/h1-38H. The fraction of sp³-hybridized carbons (Fsp3) is 0. The van der Waals surface area contributed by atoms with E-state index in [1.807, 2.05) is 0 Å². The molecule has 0 aliphatic heterocycles. The molecule has 0 aliphatic rings. The Labute approximate surface area is 385 Å². The molecule has 0 atom stereocenters. The molecule has 4 nitrogen and oxygen atoms in total. The average Bonchev–Trinajstić information content (AvgIpc) is 3.72. The first-order valence-electron chi connectivity index (χ1n) is 22.8. The molecule has 67 heavy (non-hydrogen) atoms. The van der Waals surface area contributed by atoms with Crippen molar-refractivity contribution in [1.82, 2.24) is 19.5 Å². The Kier molecular flexibility index (Phi) is 8.25. The van der Waals surface area contributed by atoms with Gasteiger partial charge in [0.1, 0.15) is 0 Å². The maximum atomic E-state index is 5.51. The lowest BCUT2D eigenvalue weighted by molar-refractivity contribution is 0.954. The van der Waals surface area contributed by atoms with Crippen molar-refractivity contribution >= 4 is 86.4 Å². The molecule has 0 spiro atoms. The highest BCUT2D eigenvalue weighted by atomic mass is 15.2. The van der Waals surface area contributed by atoms with Crippen LogP contribution in [0.1, 0.15) is 0 Å². The van der Waals surface area contributed by atoms with Crippen molar-refractivity contribution in [3.8, 4) is 51.0 Å². The molecule has 2 heterocycles. The highest BCUT2D eigenvalue weighted by Crippen LogP contribution is 2.44. The molecule has 0 aliphatic carbocycles. The van der Waals surface area contributed by atoms with E-state index in [1.54, 1.807) is 0 Å². The molecule has 2 aromatic heterocycles. The highest BCUT2D eigenvalue weighted by Gasteiger charge is 2.22. The predicted octanol–water partition coefficient (Wildman–Crippen LogP) is 16.6.